The van der Waals surface area contributed by atoms with E-state index in [9.17, 15) is 19.5 Å². The number of ether oxygens (including phenoxy) is 2. The summed E-state index contributed by atoms with van der Waals surface area (Å²) in [5, 5.41) is 12.1. The minimum absolute atomic E-state index is 0.0230. The van der Waals surface area contributed by atoms with Crippen molar-refractivity contribution in [1.82, 2.24) is 10.2 Å². The largest absolute Gasteiger partial charge is 0.479 e. The molecule has 1 atom stereocenters. The highest BCUT2D eigenvalue weighted by Gasteiger charge is 2.43. The second kappa shape index (κ2) is 9.10. The van der Waals surface area contributed by atoms with E-state index >= 15 is 0 Å². The topological polar surface area (TPSA) is 105 Å². The van der Waals surface area contributed by atoms with Crippen LogP contribution in [0.15, 0.2) is 48.5 Å². The number of carbonyl (C=O) groups excluding carboxylic acids is 2. The summed E-state index contributed by atoms with van der Waals surface area (Å²) in [4.78, 5) is 38.4. The van der Waals surface area contributed by atoms with Crippen molar-refractivity contribution in [2.45, 2.75) is 43.2 Å². The highest BCUT2D eigenvalue weighted by atomic mass is 16.5. The number of carbonyl (C=O) groups is 3. The molecule has 1 saturated carbocycles. The van der Waals surface area contributed by atoms with Gasteiger partial charge in [0.25, 0.3) is 0 Å². The molecule has 0 spiro atoms. The van der Waals surface area contributed by atoms with E-state index in [-0.39, 0.29) is 38.0 Å². The third-order valence-electron chi connectivity index (χ3n) is 7.21. The van der Waals surface area contributed by atoms with Gasteiger partial charge in [-0.3, -0.25) is 4.79 Å². The quantitative estimate of drug-likeness (QED) is 0.681. The van der Waals surface area contributed by atoms with Gasteiger partial charge in [-0.1, -0.05) is 48.5 Å². The van der Waals surface area contributed by atoms with Crippen LogP contribution < -0.4 is 5.32 Å². The average Bonchev–Trinajstić information content (AvgIpc) is 3.15. The second-order valence-electron chi connectivity index (χ2n) is 9.30. The first-order valence-electron chi connectivity index (χ1n) is 11.7. The molecular weight excluding hydrogens is 436 g/mol. The number of nitrogens with zero attached hydrogens (tertiary/aromatic N) is 1. The Morgan fingerprint density at radius 2 is 1.71 bits per heavy atom. The molecule has 2 amide bonds. The molecular formula is C26H28N2O6. The predicted octanol–water partition coefficient (Wildman–Crippen LogP) is 3.15. The van der Waals surface area contributed by atoms with Crippen molar-refractivity contribution >= 4 is 18.0 Å². The van der Waals surface area contributed by atoms with E-state index in [4.69, 9.17) is 9.47 Å². The minimum Gasteiger partial charge on any atom is -0.479 e. The molecule has 1 saturated heterocycles. The van der Waals surface area contributed by atoms with Crippen molar-refractivity contribution in [3.63, 3.8) is 0 Å². The van der Waals surface area contributed by atoms with Crippen LogP contribution in [0.4, 0.5) is 4.79 Å². The number of morpholine rings is 1. The summed E-state index contributed by atoms with van der Waals surface area (Å²) in [5.74, 6) is -1.28. The lowest BCUT2D eigenvalue weighted by molar-refractivity contribution is -0.159. The monoisotopic (exact) mass is 464 g/mol. The van der Waals surface area contributed by atoms with E-state index in [2.05, 4.69) is 29.6 Å². The van der Waals surface area contributed by atoms with Crippen molar-refractivity contribution in [2.24, 2.45) is 0 Å². The van der Waals surface area contributed by atoms with Crippen LogP contribution in [-0.4, -0.2) is 65.9 Å². The Morgan fingerprint density at radius 3 is 2.29 bits per heavy atom. The Balaban J connectivity index is 1.20. The molecule has 2 aromatic carbocycles. The zero-order chi connectivity index (χ0) is 23.7. The molecule has 2 N–H and O–H groups in total. The number of aliphatic carboxylic acids is 1. The van der Waals surface area contributed by atoms with Crippen molar-refractivity contribution in [3.05, 3.63) is 59.7 Å². The molecule has 0 aromatic heterocycles. The van der Waals surface area contributed by atoms with Crippen LogP contribution in [-0.2, 0) is 19.1 Å². The Morgan fingerprint density at radius 1 is 1.06 bits per heavy atom. The molecule has 5 rings (SSSR count). The zero-order valence-corrected chi connectivity index (χ0v) is 18.9. The summed E-state index contributed by atoms with van der Waals surface area (Å²) in [6.45, 7) is 0.780. The van der Waals surface area contributed by atoms with E-state index in [0.29, 0.717) is 19.4 Å². The second-order valence-corrected chi connectivity index (χ2v) is 9.30. The first-order valence-corrected chi connectivity index (χ1v) is 11.7. The maximum Gasteiger partial charge on any atom is 0.407 e. The van der Waals surface area contributed by atoms with Crippen LogP contribution in [0, 0.1) is 0 Å². The van der Waals surface area contributed by atoms with Gasteiger partial charge < -0.3 is 24.8 Å². The van der Waals surface area contributed by atoms with Gasteiger partial charge in [0.1, 0.15) is 6.61 Å². The molecule has 8 heteroatoms. The maximum atomic E-state index is 12.9. The van der Waals surface area contributed by atoms with Crippen molar-refractivity contribution in [1.29, 1.82) is 0 Å². The number of carboxylic acids is 1. The number of hydrogen-bond acceptors (Lipinski definition) is 5. The zero-order valence-electron chi connectivity index (χ0n) is 18.9. The summed E-state index contributed by atoms with van der Waals surface area (Å²) < 4.78 is 10.9. The van der Waals surface area contributed by atoms with Crippen molar-refractivity contribution in [2.75, 3.05) is 26.3 Å². The lowest BCUT2D eigenvalue weighted by Crippen LogP contribution is -2.57. The van der Waals surface area contributed by atoms with Gasteiger partial charge in [-0.05, 0) is 41.5 Å². The number of benzene rings is 2. The number of amides is 2. The van der Waals surface area contributed by atoms with Gasteiger partial charge in [0.2, 0.25) is 5.91 Å². The van der Waals surface area contributed by atoms with Gasteiger partial charge in [-0.15, -0.1) is 0 Å². The first kappa shape index (κ1) is 22.4. The van der Waals surface area contributed by atoms with Crippen LogP contribution in [0.25, 0.3) is 11.1 Å². The van der Waals surface area contributed by atoms with E-state index in [1.54, 1.807) is 0 Å². The van der Waals surface area contributed by atoms with Crippen LogP contribution in [0.3, 0.4) is 0 Å². The van der Waals surface area contributed by atoms with Crippen LogP contribution in [0.2, 0.25) is 0 Å². The highest BCUT2D eigenvalue weighted by Crippen LogP contribution is 2.44. The molecule has 178 valence electrons. The molecule has 2 fully saturated rings. The van der Waals surface area contributed by atoms with Gasteiger partial charge >= 0.3 is 12.1 Å². The van der Waals surface area contributed by atoms with Crippen LogP contribution >= 0.6 is 0 Å². The molecule has 2 aromatic rings. The Bertz CT molecular complexity index is 1070. The van der Waals surface area contributed by atoms with Gasteiger partial charge in [-0.2, -0.15) is 0 Å². The Labute approximate surface area is 197 Å². The van der Waals surface area contributed by atoms with Gasteiger partial charge in [0, 0.05) is 12.5 Å². The molecule has 0 radical (unpaired) electrons. The lowest BCUT2D eigenvalue weighted by Gasteiger charge is -2.43. The lowest BCUT2D eigenvalue weighted by atomic mass is 9.74. The summed E-state index contributed by atoms with van der Waals surface area (Å²) in [6.07, 6.45) is 0.886. The predicted molar refractivity (Wildman–Crippen MR) is 123 cm³/mol. The third-order valence-corrected chi connectivity index (χ3v) is 7.21. The Kier molecular flexibility index (Phi) is 6.00. The number of nitrogens with one attached hydrogen (secondary N) is 1. The summed E-state index contributed by atoms with van der Waals surface area (Å²) in [6, 6.07) is 16.3. The van der Waals surface area contributed by atoms with Crippen molar-refractivity contribution < 1.29 is 29.0 Å². The molecule has 8 nitrogen and oxygen atoms in total. The van der Waals surface area contributed by atoms with Crippen molar-refractivity contribution in [3.8, 4) is 11.1 Å². The molecule has 1 aliphatic heterocycles. The van der Waals surface area contributed by atoms with E-state index in [1.807, 2.05) is 24.3 Å². The van der Waals surface area contributed by atoms with Crippen LogP contribution in [0.5, 0.6) is 0 Å². The summed E-state index contributed by atoms with van der Waals surface area (Å²) >= 11 is 0. The molecule has 1 heterocycles. The fourth-order valence-electron chi connectivity index (χ4n) is 5.23. The van der Waals surface area contributed by atoms with E-state index in [1.165, 1.54) is 16.0 Å². The molecule has 1 unspecified atom stereocenters. The normalized spacial score (nSPS) is 20.6. The fourth-order valence-corrected chi connectivity index (χ4v) is 5.23. The third kappa shape index (κ3) is 4.25. The SMILES string of the molecule is O=C(NC1(CC(=O)N2CCOC(C(=O)O)C2)CCC1)OCC1c2ccccc2-c2ccccc21. The minimum atomic E-state index is -1.08. The summed E-state index contributed by atoms with van der Waals surface area (Å²) in [5.41, 5.74) is 3.98. The van der Waals surface area contributed by atoms with Crippen LogP contribution in [0.1, 0.15) is 42.7 Å². The standard InChI is InChI=1S/C26H28N2O6/c29-23(28-12-13-33-22(15-28)24(30)31)14-26(10-5-11-26)27-25(32)34-16-21-19-8-3-1-6-17(19)18-7-2-4-9-20(18)21/h1-4,6-9,21-22H,5,10-16H2,(H,27,32)(H,30,31). The molecule has 2 aliphatic carbocycles. The highest BCUT2D eigenvalue weighted by molar-refractivity contribution is 5.81. The van der Waals surface area contributed by atoms with Gasteiger partial charge in [0.15, 0.2) is 6.10 Å². The molecule has 0 bridgehead atoms. The number of rotatable bonds is 6. The van der Waals surface area contributed by atoms with E-state index < -0.39 is 23.7 Å². The molecule has 3 aliphatic rings. The maximum absolute atomic E-state index is 12.9. The number of hydrogen-bond donors (Lipinski definition) is 2. The average molecular weight is 465 g/mol. The smallest absolute Gasteiger partial charge is 0.407 e. The van der Waals surface area contributed by atoms with Gasteiger partial charge in [0.05, 0.1) is 25.1 Å². The molecule has 34 heavy (non-hydrogen) atoms. The number of carboxylic acid groups (broad SMARTS) is 1. The first-order chi connectivity index (χ1) is 16.5. The summed E-state index contributed by atoms with van der Waals surface area (Å²) in [7, 11) is 0. The van der Waals surface area contributed by atoms with E-state index in [0.717, 1.165) is 17.5 Å². The number of fused-ring (bicyclic) bond motifs is 3. The van der Waals surface area contributed by atoms with Gasteiger partial charge in [-0.25, -0.2) is 9.59 Å². The number of alkyl carbamates (subject to hydrolysis) is 1. The fraction of sp³-hybridized carbons (Fsp3) is 0.423. The Hall–Kier alpha value is -3.39.